The number of benzene rings is 2. The number of carbonyl (C=O) groups is 1. The Labute approximate surface area is 131 Å². The molecule has 0 aliphatic rings. The van der Waals surface area contributed by atoms with E-state index < -0.39 is 6.04 Å². The highest BCUT2D eigenvalue weighted by Gasteiger charge is 2.16. The first-order valence-electron chi connectivity index (χ1n) is 7.33. The third-order valence-electron chi connectivity index (χ3n) is 3.50. The number of aryl methyl sites for hydroxylation is 1. The van der Waals surface area contributed by atoms with E-state index in [2.05, 4.69) is 16.3 Å². The van der Waals surface area contributed by atoms with Gasteiger partial charge in [-0.05, 0) is 43.8 Å². The summed E-state index contributed by atoms with van der Waals surface area (Å²) in [6.07, 6.45) is 0. The fraction of sp³-hybridized carbons (Fsp3) is 0.278. The van der Waals surface area contributed by atoms with Gasteiger partial charge in [-0.25, -0.2) is 0 Å². The van der Waals surface area contributed by atoms with Crippen LogP contribution in [-0.4, -0.2) is 24.9 Å². The summed E-state index contributed by atoms with van der Waals surface area (Å²) in [7, 11) is 4.03. The van der Waals surface area contributed by atoms with Gasteiger partial charge in [0.1, 0.15) is 6.04 Å². The minimum Gasteiger partial charge on any atom is -0.324 e. The Morgan fingerprint density at radius 3 is 2.50 bits per heavy atom. The summed E-state index contributed by atoms with van der Waals surface area (Å²) in [5.41, 5.74) is 9.83. The molecule has 0 spiro atoms. The Bertz CT molecular complexity index is 638. The van der Waals surface area contributed by atoms with Crippen LogP contribution >= 0.6 is 0 Å². The van der Waals surface area contributed by atoms with E-state index in [0.29, 0.717) is 0 Å². The van der Waals surface area contributed by atoms with Gasteiger partial charge in [0.15, 0.2) is 0 Å². The van der Waals surface area contributed by atoms with E-state index in [1.54, 1.807) is 0 Å². The molecular formula is C18H23N3O. The summed E-state index contributed by atoms with van der Waals surface area (Å²) in [5.74, 6) is -0.198. The van der Waals surface area contributed by atoms with E-state index in [1.807, 2.05) is 63.5 Å². The SMILES string of the molecule is Cc1ccc(CN(C)C)cc1NC(=O)C(N)c1ccccc1. The van der Waals surface area contributed by atoms with Crippen LogP contribution in [-0.2, 0) is 11.3 Å². The van der Waals surface area contributed by atoms with Crippen LogP contribution in [0.2, 0.25) is 0 Å². The molecule has 0 radical (unpaired) electrons. The first-order chi connectivity index (χ1) is 10.5. The molecule has 1 unspecified atom stereocenters. The van der Waals surface area contributed by atoms with Crippen molar-refractivity contribution >= 4 is 11.6 Å². The Morgan fingerprint density at radius 2 is 1.86 bits per heavy atom. The van der Waals surface area contributed by atoms with Gasteiger partial charge in [-0.2, -0.15) is 0 Å². The molecular weight excluding hydrogens is 274 g/mol. The van der Waals surface area contributed by atoms with E-state index in [4.69, 9.17) is 5.73 Å². The molecule has 1 amide bonds. The standard InChI is InChI=1S/C18H23N3O/c1-13-9-10-14(12-21(2)3)11-16(13)20-18(22)17(19)15-7-5-4-6-8-15/h4-11,17H,12,19H2,1-3H3,(H,20,22). The van der Waals surface area contributed by atoms with Crippen LogP contribution in [0.4, 0.5) is 5.69 Å². The molecule has 2 rings (SSSR count). The monoisotopic (exact) mass is 297 g/mol. The molecule has 0 aliphatic heterocycles. The summed E-state index contributed by atoms with van der Waals surface area (Å²) >= 11 is 0. The molecule has 22 heavy (non-hydrogen) atoms. The first-order valence-corrected chi connectivity index (χ1v) is 7.33. The maximum absolute atomic E-state index is 12.4. The van der Waals surface area contributed by atoms with E-state index in [1.165, 1.54) is 0 Å². The minimum atomic E-state index is -0.668. The molecule has 0 bridgehead atoms. The number of hydrogen-bond acceptors (Lipinski definition) is 3. The zero-order valence-electron chi connectivity index (χ0n) is 13.3. The summed E-state index contributed by atoms with van der Waals surface area (Å²) < 4.78 is 0. The van der Waals surface area contributed by atoms with Gasteiger partial charge >= 0.3 is 0 Å². The van der Waals surface area contributed by atoms with Crippen molar-refractivity contribution in [1.82, 2.24) is 4.90 Å². The van der Waals surface area contributed by atoms with Crippen LogP contribution in [0.1, 0.15) is 22.7 Å². The lowest BCUT2D eigenvalue weighted by molar-refractivity contribution is -0.117. The number of rotatable bonds is 5. The zero-order valence-corrected chi connectivity index (χ0v) is 13.3. The van der Waals surface area contributed by atoms with Crippen molar-refractivity contribution in [1.29, 1.82) is 0 Å². The Hall–Kier alpha value is -2.17. The van der Waals surface area contributed by atoms with Gasteiger partial charge in [0, 0.05) is 12.2 Å². The average molecular weight is 297 g/mol. The lowest BCUT2D eigenvalue weighted by Gasteiger charge is -2.16. The van der Waals surface area contributed by atoms with Crippen LogP contribution in [0.15, 0.2) is 48.5 Å². The second kappa shape index (κ2) is 7.20. The number of hydrogen-bond donors (Lipinski definition) is 2. The van der Waals surface area contributed by atoms with Gasteiger partial charge in [0.25, 0.3) is 0 Å². The van der Waals surface area contributed by atoms with Crippen molar-refractivity contribution in [3.63, 3.8) is 0 Å². The lowest BCUT2D eigenvalue weighted by atomic mass is 10.1. The van der Waals surface area contributed by atoms with Crippen LogP contribution in [0.5, 0.6) is 0 Å². The number of carbonyl (C=O) groups excluding carboxylic acids is 1. The van der Waals surface area contributed by atoms with E-state index in [0.717, 1.165) is 28.9 Å². The largest absolute Gasteiger partial charge is 0.324 e. The van der Waals surface area contributed by atoms with E-state index >= 15 is 0 Å². The molecule has 0 aliphatic carbocycles. The van der Waals surface area contributed by atoms with Gasteiger partial charge in [0.05, 0.1) is 0 Å². The van der Waals surface area contributed by atoms with Gasteiger partial charge in [0.2, 0.25) is 5.91 Å². The average Bonchev–Trinajstić information content (AvgIpc) is 2.50. The number of amides is 1. The fourth-order valence-electron chi connectivity index (χ4n) is 2.29. The molecule has 0 saturated heterocycles. The molecule has 2 aromatic rings. The number of nitrogens with zero attached hydrogens (tertiary/aromatic N) is 1. The normalized spacial score (nSPS) is 12.2. The first kappa shape index (κ1) is 16.2. The van der Waals surface area contributed by atoms with E-state index in [9.17, 15) is 4.79 Å². The Balaban J connectivity index is 2.14. The molecule has 0 aromatic heterocycles. The van der Waals surface area contributed by atoms with Crippen LogP contribution in [0.3, 0.4) is 0 Å². The van der Waals surface area contributed by atoms with Crippen molar-refractivity contribution in [2.45, 2.75) is 19.5 Å². The highest BCUT2D eigenvalue weighted by Crippen LogP contribution is 2.20. The Morgan fingerprint density at radius 1 is 1.18 bits per heavy atom. The van der Waals surface area contributed by atoms with Crippen LogP contribution in [0, 0.1) is 6.92 Å². The van der Waals surface area contributed by atoms with Crippen LogP contribution in [0.25, 0.3) is 0 Å². The lowest BCUT2D eigenvalue weighted by Crippen LogP contribution is -2.28. The number of nitrogens with two attached hydrogens (primary N) is 1. The van der Waals surface area contributed by atoms with Gasteiger partial charge in [-0.3, -0.25) is 4.79 Å². The fourth-order valence-corrected chi connectivity index (χ4v) is 2.29. The van der Waals surface area contributed by atoms with Crippen molar-refractivity contribution < 1.29 is 4.79 Å². The summed E-state index contributed by atoms with van der Waals surface area (Å²) in [6.45, 7) is 2.80. The molecule has 116 valence electrons. The number of nitrogens with one attached hydrogen (secondary N) is 1. The highest BCUT2D eigenvalue weighted by molar-refractivity contribution is 5.96. The van der Waals surface area contributed by atoms with Gasteiger partial charge in [-0.15, -0.1) is 0 Å². The Kier molecular flexibility index (Phi) is 5.31. The molecule has 4 nitrogen and oxygen atoms in total. The van der Waals surface area contributed by atoms with Gasteiger partial charge < -0.3 is 16.0 Å². The summed E-state index contributed by atoms with van der Waals surface area (Å²) in [5, 5.41) is 2.94. The predicted octanol–water partition coefficient (Wildman–Crippen LogP) is 2.70. The second-order valence-electron chi connectivity index (χ2n) is 5.76. The maximum Gasteiger partial charge on any atom is 0.245 e. The number of anilines is 1. The topological polar surface area (TPSA) is 58.4 Å². The third-order valence-corrected chi connectivity index (χ3v) is 3.50. The molecule has 2 aromatic carbocycles. The molecule has 3 N–H and O–H groups in total. The summed E-state index contributed by atoms with van der Waals surface area (Å²) in [6, 6.07) is 14.8. The minimum absolute atomic E-state index is 0.198. The van der Waals surface area contributed by atoms with E-state index in [-0.39, 0.29) is 5.91 Å². The van der Waals surface area contributed by atoms with Crippen LogP contribution < -0.4 is 11.1 Å². The van der Waals surface area contributed by atoms with Crippen molar-refractivity contribution in [2.24, 2.45) is 5.73 Å². The maximum atomic E-state index is 12.4. The quantitative estimate of drug-likeness (QED) is 0.892. The highest BCUT2D eigenvalue weighted by atomic mass is 16.2. The van der Waals surface area contributed by atoms with Crippen molar-refractivity contribution in [3.8, 4) is 0 Å². The molecule has 0 heterocycles. The molecule has 0 saturated carbocycles. The van der Waals surface area contributed by atoms with Crippen molar-refractivity contribution in [3.05, 3.63) is 65.2 Å². The van der Waals surface area contributed by atoms with Gasteiger partial charge in [-0.1, -0.05) is 42.5 Å². The van der Waals surface area contributed by atoms with Crippen molar-refractivity contribution in [2.75, 3.05) is 19.4 Å². The molecule has 0 fully saturated rings. The summed E-state index contributed by atoms with van der Waals surface area (Å²) in [4.78, 5) is 14.4. The second-order valence-corrected chi connectivity index (χ2v) is 5.76. The molecule has 1 atom stereocenters. The smallest absolute Gasteiger partial charge is 0.245 e. The molecule has 4 heteroatoms. The predicted molar refractivity (Wildman–Crippen MR) is 90.6 cm³/mol. The zero-order chi connectivity index (χ0) is 16.1. The third kappa shape index (κ3) is 4.16.